The van der Waals surface area contributed by atoms with Gasteiger partial charge in [-0.3, -0.25) is 19.3 Å². The molecule has 0 radical (unpaired) electrons. The van der Waals surface area contributed by atoms with Crippen LogP contribution < -0.4 is 15.5 Å². The molecule has 32 heavy (non-hydrogen) atoms. The molecular formula is C24H24N4O4. The van der Waals surface area contributed by atoms with Gasteiger partial charge < -0.3 is 15.5 Å². The van der Waals surface area contributed by atoms with Crippen molar-refractivity contribution in [3.8, 4) is 0 Å². The van der Waals surface area contributed by atoms with Crippen LogP contribution in [0.5, 0.6) is 0 Å². The maximum Gasteiger partial charge on any atom is 0.325 e. The lowest BCUT2D eigenvalue weighted by atomic mass is 9.92. The van der Waals surface area contributed by atoms with Gasteiger partial charge in [0.05, 0.1) is 0 Å². The number of aryl methyl sites for hydroxylation is 2. The van der Waals surface area contributed by atoms with Crippen molar-refractivity contribution >= 4 is 35.1 Å². The van der Waals surface area contributed by atoms with Gasteiger partial charge in [0.15, 0.2) is 0 Å². The van der Waals surface area contributed by atoms with Crippen LogP contribution in [0.4, 0.5) is 16.2 Å². The van der Waals surface area contributed by atoms with E-state index in [0.29, 0.717) is 25.1 Å². The summed E-state index contributed by atoms with van der Waals surface area (Å²) in [6, 6.07) is 12.4. The predicted molar refractivity (Wildman–Crippen MR) is 118 cm³/mol. The molecule has 3 aliphatic rings. The van der Waals surface area contributed by atoms with Crippen molar-refractivity contribution in [2.24, 2.45) is 0 Å². The highest BCUT2D eigenvalue weighted by atomic mass is 16.2. The summed E-state index contributed by atoms with van der Waals surface area (Å²) in [7, 11) is 0. The summed E-state index contributed by atoms with van der Waals surface area (Å²) < 4.78 is 0. The molecule has 164 valence electrons. The molecule has 1 unspecified atom stereocenters. The number of anilines is 2. The van der Waals surface area contributed by atoms with Crippen molar-refractivity contribution in [1.29, 1.82) is 0 Å². The van der Waals surface area contributed by atoms with E-state index in [9.17, 15) is 19.2 Å². The number of urea groups is 1. The molecule has 1 atom stereocenters. The molecule has 2 aromatic carbocycles. The number of imide groups is 1. The van der Waals surface area contributed by atoms with E-state index in [-0.39, 0.29) is 18.4 Å². The van der Waals surface area contributed by atoms with Gasteiger partial charge in [-0.05, 0) is 60.6 Å². The molecule has 0 aromatic heterocycles. The van der Waals surface area contributed by atoms with E-state index in [2.05, 4.69) is 10.6 Å². The standard InChI is InChI=1S/C24H24N4O4/c1-15(29)27-12-4-6-17-13-18(8-9-20(17)27)25-21(30)14-28-22(31)24(26-23(28)32)11-10-16-5-2-3-7-19(16)24/h2-3,5,7-9,13H,4,6,10-12,14H2,1H3,(H,25,30)(H,26,32). The van der Waals surface area contributed by atoms with Gasteiger partial charge in [-0.1, -0.05) is 24.3 Å². The van der Waals surface area contributed by atoms with Gasteiger partial charge in [-0.25, -0.2) is 4.79 Å². The molecule has 2 heterocycles. The zero-order valence-electron chi connectivity index (χ0n) is 17.8. The van der Waals surface area contributed by atoms with Crippen molar-refractivity contribution < 1.29 is 19.2 Å². The van der Waals surface area contributed by atoms with Gasteiger partial charge in [0.1, 0.15) is 12.1 Å². The largest absolute Gasteiger partial charge is 0.325 e. The number of nitrogens with zero attached hydrogens (tertiary/aromatic N) is 2. The van der Waals surface area contributed by atoms with Crippen molar-refractivity contribution in [3.05, 3.63) is 59.2 Å². The first-order valence-corrected chi connectivity index (χ1v) is 10.8. The third-order valence-corrected chi connectivity index (χ3v) is 6.59. The molecule has 1 aliphatic carbocycles. The zero-order chi connectivity index (χ0) is 22.5. The van der Waals surface area contributed by atoms with Crippen molar-refractivity contribution in [3.63, 3.8) is 0 Å². The fourth-order valence-corrected chi connectivity index (χ4v) is 5.08. The Bertz CT molecular complexity index is 1160. The predicted octanol–water partition coefficient (Wildman–Crippen LogP) is 2.32. The van der Waals surface area contributed by atoms with E-state index in [4.69, 9.17) is 0 Å². The summed E-state index contributed by atoms with van der Waals surface area (Å²) in [5, 5.41) is 5.62. The van der Waals surface area contributed by atoms with Gasteiger partial charge >= 0.3 is 6.03 Å². The quantitative estimate of drug-likeness (QED) is 0.727. The SMILES string of the molecule is CC(=O)N1CCCc2cc(NC(=O)CN3C(=O)NC4(CCc5ccccc54)C3=O)ccc21. The average Bonchev–Trinajstić information content (AvgIpc) is 3.26. The zero-order valence-corrected chi connectivity index (χ0v) is 17.8. The molecule has 2 N–H and O–H groups in total. The topological polar surface area (TPSA) is 98.8 Å². The summed E-state index contributed by atoms with van der Waals surface area (Å²) in [6.07, 6.45) is 2.87. The first-order chi connectivity index (χ1) is 15.4. The van der Waals surface area contributed by atoms with Crippen molar-refractivity contribution in [2.75, 3.05) is 23.3 Å². The lowest BCUT2D eigenvalue weighted by Gasteiger charge is -2.29. The lowest BCUT2D eigenvalue weighted by molar-refractivity contribution is -0.134. The average molecular weight is 432 g/mol. The van der Waals surface area contributed by atoms with E-state index < -0.39 is 17.5 Å². The number of rotatable bonds is 3. The lowest BCUT2D eigenvalue weighted by Crippen LogP contribution is -2.43. The Morgan fingerprint density at radius 1 is 1.09 bits per heavy atom. The second kappa shape index (κ2) is 7.47. The molecular weight excluding hydrogens is 408 g/mol. The summed E-state index contributed by atoms with van der Waals surface area (Å²) in [5.41, 5.74) is 3.20. The van der Waals surface area contributed by atoms with Crippen LogP contribution in [0.2, 0.25) is 0 Å². The van der Waals surface area contributed by atoms with Crippen LogP contribution in [-0.2, 0) is 32.8 Å². The summed E-state index contributed by atoms with van der Waals surface area (Å²) in [6.45, 7) is 1.87. The minimum Gasteiger partial charge on any atom is -0.325 e. The number of fused-ring (bicyclic) bond motifs is 3. The Kier molecular flexibility index (Phi) is 4.73. The molecule has 1 saturated heterocycles. The third-order valence-electron chi connectivity index (χ3n) is 6.59. The van der Waals surface area contributed by atoms with E-state index >= 15 is 0 Å². The molecule has 0 saturated carbocycles. The van der Waals surface area contributed by atoms with Crippen LogP contribution in [0.3, 0.4) is 0 Å². The van der Waals surface area contributed by atoms with Gasteiger partial charge in [0, 0.05) is 24.8 Å². The molecule has 2 aromatic rings. The molecule has 8 heteroatoms. The highest BCUT2D eigenvalue weighted by Crippen LogP contribution is 2.41. The van der Waals surface area contributed by atoms with E-state index in [1.165, 1.54) is 0 Å². The van der Waals surface area contributed by atoms with Gasteiger partial charge in [-0.15, -0.1) is 0 Å². The Labute approximate surface area is 185 Å². The van der Waals surface area contributed by atoms with Crippen LogP contribution in [-0.4, -0.2) is 41.7 Å². The Morgan fingerprint density at radius 2 is 1.91 bits per heavy atom. The minimum absolute atomic E-state index is 0.0105. The van der Waals surface area contributed by atoms with Crippen LogP contribution in [0.25, 0.3) is 0 Å². The van der Waals surface area contributed by atoms with Crippen LogP contribution >= 0.6 is 0 Å². The number of benzene rings is 2. The molecule has 5 amide bonds. The van der Waals surface area contributed by atoms with Crippen LogP contribution in [0, 0.1) is 0 Å². The second-order valence-electron chi connectivity index (χ2n) is 8.55. The third kappa shape index (κ3) is 3.14. The van der Waals surface area contributed by atoms with Gasteiger partial charge in [0.2, 0.25) is 11.8 Å². The smallest absolute Gasteiger partial charge is 0.325 e. The van der Waals surface area contributed by atoms with E-state index in [1.807, 2.05) is 36.4 Å². The molecule has 8 nitrogen and oxygen atoms in total. The first-order valence-electron chi connectivity index (χ1n) is 10.8. The van der Waals surface area contributed by atoms with Crippen LogP contribution in [0.1, 0.15) is 36.5 Å². The first kappa shape index (κ1) is 20.2. The fourth-order valence-electron chi connectivity index (χ4n) is 5.08. The molecule has 1 fully saturated rings. The Balaban J connectivity index is 1.31. The van der Waals surface area contributed by atoms with Crippen molar-refractivity contribution in [2.45, 2.75) is 38.1 Å². The van der Waals surface area contributed by atoms with E-state index in [0.717, 1.165) is 40.1 Å². The van der Waals surface area contributed by atoms with Gasteiger partial charge in [-0.2, -0.15) is 0 Å². The molecule has 1 spiro atoms. The van der Waals surface area contributed by atoms with Gasteiger partial charge in [0.25, 0.3) is 5.91 Å². The van der Waals surface area contributed by atoms with Crippen LogP contribution in [0.15, 0.2) is 42.5 Å². The monoisotopic (exact) mass is 432 g/mol. The number of hydrogen-bond acceptors (Lipinski definition) is 4. The molecule has 0 bridgehead atoms. The van der Waals surface area contributed by atoms with E-state index in [1.54, 1.807) is 17.9 Å². The number of carbonyl (C=O) groups is 4. The number of amides is 5. The highest BCUT2D eigenvalue weighted by Gasteiger charge is 2.55. The van der Waals surface area contributed by atoms with Crippen molar-refractivity contribution in [1.82, 2.24) is 10.2 Å². The second-order valence-corrected chi connectivity index (χ2v) is 8.55. The minimum atomic E-state index is -1.07. The highest BCUT2D eigenvalue weighted by molar-refractivity contribution is 6.11. The fraction of sp³-hybridized carbons (Fsp3) is 0.333. The summed E-state index contributed by atoms with van der Waals surface area (Å²) in [5.74, 6) is -0.843. The number of nitrogens with one attached hydrogen (secondary N) is 2. The molecule has 5 rings (SSSR count). The maximum atomic E-state index is 13.2. The Morgan fingerprint density at radius 3 is 2.72 bits per heavy atom. The molecule has 2 aliphatic heterocycles. The Hall–Kier alpha value is -3.68. The maximum absolute atomic E-state index is 13.2. The summed E-state index contributed by atoms with van der Waals surface area (Å²) in [4.78, 5) is 53.1. The number of hydrogen-bond donors (Lipinski definition) is 2. The number of carbonyl (C=O) groups excluding carboxylic acids is 4. The normalized spacial score (nSPS) is 21.4. The summed E-state index contributed by atoms with van der Waals surface area (Å²) >= 11 is 0.